The Balaban J connectivity index is 2.00. The Hall–Kier alpha value is -0.470. The van der Waals surface area contributed by atoms with Crippen LogP contribution in [0.25, 0.3) is 0 Å². The van der Waals surface area contributed by atoms with Gasteiger partial charge >= 0.3 is 0 Å². The van der Waals surface area contributed by atoms with E-state index in [0.717, 1.165) is 43.8 Å². The van der Waals surface area contributed by atoms with Crippen LogP contribution in [0.5, 0.6) is 0 Å². The number of likely N-dealkylation sites (tertiary alicyclic amines) is 1. The molecule has 0 bridgehead atoms. The first-order chi connectivity index (χ1) is 9.96. The Morgan fingerprint density at radius 1 is 1.43 bits per heavy atom. The van der Waals surface area contributed by atoms with E-state index in [0.29, 0.717) is 9.77 Å². The van der Waals surface area contributed by atoms with E-state index in [1.54, 1.807) is 13.0 Å². The van der Waals surface area contributed by atoms with Crippen molar-refractivity contribution in [3.05, 3.63) is 15.8 Å². The molecule has 0 aliphatic carbocycles. The number of aliphatic hydroxyl groups excluding tert-OH is 1. The average Bonchev–Trinajstić information content (AvgIpc) is 2.83. The molecule has 21 heavy (non-hydrogen) atoms. The third-order valence-corrected chi connectivity index (χ3v) is 6.63. The minimum atomic E-state index is -3.48. The number of nitrogens with one attached hydrogen (secondary N) is 1. The quantitative estimate of drug-likeness (QED) is 0.832. The van der Waals surface area contributed by atoms with Gasteiger partial charge in [-0.05, 0) is 51.9 Å². The van der Waals surface area contributed by atoms with Gasteiger partial charge in [-0.15, -0.1) is 11.3 Å². The molecule has 0 unspecified atom stereocenters. The predicted molar refractivity (Wildman–Crippen MR) is 85.1 cm³/mol. The molecule has 1 saturated heterocycles. The van der Waals surface area contributed by atoms with Crippen LogP contribution >= 0.6 is 11.3 Å². The minimum Gasteiger partial charge on any atom is -0.391 e. The number of piperidine rings is 1. The summed E-state index contributed by atoms with van der Waals surface area (Å²) in [5.41, 5.74) is 0. The Morgan fingerprint density at radius 2 is 2.10 bits per heavy atom. The summed E-state index contributed by atoms with van der Waals surface area (Å²) in [6.07, 6.45) is 2.85. The van der Waals surface area contributed by atoms with Crippen LogP contribution in [0.2, 0.25) is 0 Å². The van der Waals surface area contributed by atoms with E-state index in [4.69, 9.17) is 5.11 Å². The van der Waals surface area contributed by atoms with Crippen LogP contribution in [0.1, 0.15) is 35.9 Å². The third-order valence-electron chi connectivity index (χ3n) is 3.82. The highest BCUT2D eigenvalue weighted by Crippen LogP contribution is 2.26. The summed E-state index contributed by atoms with van der Waals surface area (Å²) in [4.78, 5) is 4.11. The molecule has 1 aromatic heterocycles. The molecule has 1 fully saturated rings. The lowest BCUT2D eigenvalue weighted by Gasteiger charge is -2.31. The Morgan fingerprint density at radius 3 is 2.62 bits per heavy atom. The van der Waals surface area contributed by atoms with Crippen molar-refractivity contribution in [2.45, 2.75) is 50.7 Å². The van der Waals surface area contributed by atoms with Crippen molar-refractivity contribution < 1.29 is 13.5 Å². The lowest BCUT2D eigenvalue weighted by Crippen LogP contribution is -2.44. The monoisotopic (exact) mass is 332 g/mol. The molecule has 0 atom stereocenters. The molecular weight excluding hydrogens is 308 g/mol. The molecule has 7 heteroatoms. The summed E-state index contributed by atoms with van der Waals surface area (Å²) in [5, 5.41) is 9.13. The number of aryl methyl sites for hydroxylation is 1. The lowest BCUT2D eigenvalue weighted by molar-refractivity contribution is 0.208. The van der Waals surface area contributed by atoms with Crippen LogP contribution in [0.3, 0.4) is 0 Å². The first-order valence-electron chi connectivity index (χ1n) is 7.41. The van der Waals surface area contributed by atoms with E-state index >= 15 is 0 Å². The van der Waals surface area contributed by atoms with Gasteiger partial charge in [-0.25, -0.2) is 13.1 Å². The molecule has 0 amide bonds. The van der Waals surface area contributed by atoms with Gasteiger partial charge in [-0.1, -0.05) is 6.92 Å². The minimum absolute atomic E-state index is 0.0139. The fourth-order valence-corrected chi connectivity index (χ4v) is 5.54. The number of nitrogens with zero attached hydrogens (tertiary/aromatic N) is 1. The van der Waals surface area contributed by atoms with E-state index in [1.165, 1.54) is 11.3 Å². The van der Waals surface area contributed by atoms with Crippen LogP contribution in [-0.4, -0.2) is 44.1 Å². The van der Waals surface area contributed by atoms with Gasteiger partial charge in [0.1, 0.15) is 0 Å². The van der Waals surface area contributed by atoms with Crippen molar-refractivity contribution in [1.82, 2.24) is 9.62 Å². The second kappa shape index (κ2) is 7.19. The highest BCUT2D eigenvalue weighted by atomic mass is 32.2. The fourth-order valence-electron chi connectivity index (χ4n) is 2.74. The van der Waals surface area contributed by atoms with E-state index in [9.17, 15) is 8.42 Å². The Kier molecular flexibility index (Phi) is 5.79. The standard InChI is InChI=1S/C14H24N2O3S2/c1-3-6-16-7-4-12(5-8-16)15-21(18,19)14-9-13(10-17)20-11(14)2/h9,12,15,17H,3-8,10H2,1-2H3. The normalized spacial score (nSPS) is 18.2. The maximum atomic E-state index is 12.5. The van der Waals surface area contributed by atoms with Gasteiger partial charge in [0.05, 0.1) is 11.5 Å². The summed E-state index contributed by atoms with van der Waals surface area (Å²) in [7, 11) is -3.48. The zero-order valence-electron chi connectivity index (χ0n) is 12.6. The first kappa shape index (κ1) is 16.9. The molecular formula is C14H24N2O3S2. The van der Waals surface area contributed by atoms with Gasteiger partial charge < -0.3 is 10.0 Å². The predicted octanol–water partition coefficient (Wildman–Crippen LogP) is 1.70. The van der Waals surface area contributed by atoms with Crippen molar-refractivity contribution in [3.8, 4) is 0 Å². The average molecular weight is 332 g/mol. The second-order valence-electron chi connectivity index (χ2n) is 5.53. The molecule has 1 aliphatic rings. The molecule has 2 N–H and O–H groups in total. The summed E-state index contributed by atoms with van der Waals surface area (Å²) < 4.78 is 27.7. The van der Waals surface area contributed by atoms with E-state index in [1.807, 2.05) is 0 Å². The van der Waals surface area contributed by atoms with Gasteiger partial charge in [-0.2, -0.15) is 0 Å². The molecule has 1 aliphatic heterocycles. The summed E-state index contributed by atoms with van der Waals surface area (Å²) in [6.45, 7) is 6.81. The molecule has 1 aromatic rings. The van der Waals surface area contributed by atoms with Crippen LogP contribution in [0, 0.1) is 6.92 Å². The van der Waals surface area contributed by atoms with Crippen molar-refractivity contribution in [3.63, 3.8) is 0 Å². The molecule has 0 saturated carbocycles. The van der Waals surface area contributed by atoms with E-state index in [2.05, 4.69) is 16.5 Å². The highest BCUT2D eigenvalue weighted by molar-refractivity contribution is 7.89. The van der Waals surface area contributed by atoms with Crippen molar-refractivity contribution in [2.75, 3.05) is 19.6 Å². The van der Waals surface area contributed by atoms with Crippen molar-refractivity contribution in [1.29, 1.82) is 0 Å². The van der Waals surface area contributed by atoms with Crippen molar-refractivity contribution >= 4 is 21.4 Å². The maximum absolute atomic E-state index is 12.5. The number of hydrogen-bond acceptors (Lipinski definition) is 5. The summed E-state index contributed by atoms with van der Waals surface area (Å²) >= 11 is 1.33. The SMILES string of the molecule is CCCN1CCC(NS(=O)(=O)c2cc(CO)sc2C)CC1. The van der Waals surface area contributed by atoms with Crippen molar-refractivity contribution in [2.24, 2.45) is 0 Å². The highest BCUT2D eigenvalue weighted by Gasteiger charge is 2.26. The van der Waals surface area contributed by atoms with Gasteiger partial charge in [0, 0.05) is 15.8 Å². The molecule has 120 valence electrons. The number of thiophene rings is 1. The number of hydrogen-bond donors (Lipinski definition) is 2. The summed E-state index contributed by atoms with van der Waals surface area (Å²) in [5.74, 6) is 0. The molecule has 2 rings (SSSR count). The van der Waals surface area contributed by atoms with Gasteiger partial charge in [-0.3, -0.25) is 0 Å². The molecule has 5 nitrogen and oxygen atoms in total. The molecule has 0 aromatic carbocycles. The molecule has 0 radical (unpaired) electrons. The fraction of sp³-hybridized carbons (Fsp3) is 0.714. The zero-order valence-corrected chi connectivity index (χ0v) is 14.3. The maximum Gasteiger partial charge on any atom is 0.241 e. The third kappa shape index (κ3) is 4.26. The Bertz CT molecular complexity index is 561. The van der Waals surface area contributed by atoms with Gasteiger partial charge in [0.25, 0.3) is 0 Å². The molecule has 0 spiro atoms. The van der Waals surface area contributed by atoms with Crippen LogP contribution < -0.4 is 4.72 Å². The Labute approximate surface area is 131 Å². The molecule has 2 heterocycles. The first-order valence-corrected chi connectivity index (χ1v) is 9.71. The smallest absolute Gasteiger partial charge is 0.241 e. The zero-order chi connectivity index (χ0) is 15.5. The number of aliphatic hydroxyl groups is 1. The van der Waals surface area contributed by atoms with Gasteiger partial charge in [0.15, 0.2) is 0 Å². The van der Waals surface area contributed by atoms with Crippen LogP contribution in [0.15, 0.2) is 11.0 Å². The van der Waals surface area contributed by atoms with Gasteiger partial charge in [0.2, 0.25) is 10.0 Å². The lowest BCUT2D eigenvalue weighted by atomic mass is 10.1. The second-order valence-corrected chi connectivity index (χ2v) is 8.55. The number of sulfonamides is 1. The topological polar surface area (TPSA) is 69.6 Å². The van der Waals surface area contributed by atoms with Crippen LogP contribution in [-0.2, 0) is 16.6 Å². The van der Waals surface area contributed by atoms with E-state index < -0.39 is 10.0 Å². The number of rotatable bonds is 6. The largest absolute Gasteiger partial charge is 0.391 e. The summed E-state index contributed by atoms with van der Waals surface area (Å²) in [6, 6.07) is 1.59. The van der Waals surface area contributed by atoms with Crippen LogP contribution in [0.4, 0.5) is 0 Å². The van der Waals surface area contributed by atoms with E-state index in [-0.39, 0.29) is 12.6 Å².